The van der Waals surface area contributed by atoms with Crippen molar-refractivity contribution in [2.24, 2.45) is 45.8 Å². The van der Waals surface area contributed by atoms with E-state index in [2.05, 4.69) is 32.9 Å². The number of esters is 2. The Morgan fingerprint density at radius 2 is 1.73 bits per heavy atom. The van der Waals surface area contributed by atoms with Gasteiger partial charge < -0.3 is 34.6 Å². The maximum atomic E-state index is 13.9. The van der Waals surface area contributed by atoms with Gasteiger partial charge >= 0.3 is 17.9 Å². The van der Waals surface area contributed by atoms with Crippen molar-refractivity contribution >= 4 is 17.9 Å². The zero-order valence-electron chi connectivity index (χ0n) is 33.4. The van der Waals surface area contributed by atoms with Crippen LogP contribution in [-0.2, 0) is 28.6 Å². The third kappa shape index (κ3) is 7.82. The summed E-state index contributed by atoms with van der Waals surface area (Å²) in [6.07, 6.45) is 4.29. The van der Waals surface area contributed by atoms with Crippen molar-refractivity contribution in [3.8, 4) is 0 Å². The number of aliphatic hydroxyl groups excluding tert-OH is 2. The molecule has 2 saturated carbocycles. The first-order chi connectivity index (χ1) is 24.1. The number of carbonyl (C=O) groups excluding carboxylic acids is 2. The highest BCUT2D eigenvalue weighted by molar-refractivity contribution is 5.78. The molecule has 294 valence electrons. The van der Waals surface area contributed by atoms with Gasteiger partial charge in [0.1, 0.15) is 12.2 Å². The number of fused-ring (bicyclic) bond motifs is 3. The Bertz CT molecular complexity index is 1440. The fourth-order valence-corrected chi connectivity index (χ4v) is 11.0. The normalized spacial score (nSPS) is 37.9. The highest BCUT2D eigenvalue weighted by Crippen LogP contribution is 2.72. The van der Waals surface area contributed by atoms with Crippen LogP contribution >= 0.6 is 0 Å². The molecule has 0 amide bonds. The van der Waals surface area contributed by atoms with Gasteiger partial charge in [0, 0.05) is 17.8 Å². The number of aliphatic carboxylic acids is 1. The van der Waals surface area contributed by atoms with E-state index in [1.165, 1.54) is 5.57 Å². The van der Waals surface area contributed by atoms with Gasteiger partial charge in [-0.05, 0) is 114 Å². The third-order valence-electron chi connectivity index (χ3n) is 13.8. The van der Waals surface area contributed by atoms with Crippen molar-refractivity contribution < 1.29 is 49.0 Å². The predicted molar refractivity (Wildman–Crippen MR) is 198 cm³/mol. The summed E-state index contributed by atoms with van der Waals surface area (Å²) in [4.78, 5) is 39.9. The smallest absolute Gasteiger partial charge is 0.339 e. The van der Waals surface area contributed by atoms with E-state index in [0.717, 1.165) is 18.4 Å². The largest absolute Gasteiger partial charge is 0.481 e. The van der Waals surface area contributed by atoms with Crippen LogP contribution in [0.4, 0.5) is 0 Å². The lowest BCUT2D eigenvalue weighted by Gasteiger charge is -2.67. The SMILES string of the molecule is C/C=C(\C)[C@@H](O)C(=O)O[C@@H]1CC(C(C)(C)O)[C@](C)(CCC(=O)O)[C@H]2[C@H](OC(=O)[C@H](O)[C@H](C)CC)C[C@]3(C)C(=CC[C@H]3[C@H]3CO[C@H](C=C(C)C)C3)[C@]12C. The Kier molecular flexibility index (Phi) is 12.7. The van der Waals surface area contributed by atoms with Gasteiger partial charge in [-0.2, -0.15) is 0 Å². The number of ether oxygens (including phenoxy) is 3. The van der Waals surface area contributed by atoms with E-state index in [1.807, 2.05) is 20.8 Å². The fourth-order valence-electron chi connectivity index (χ4n) is 11.0. The Labute approximate surface area is 311 Å². The first kappa shape index (κ1) is 42.2. The summed E-state index contributed by atoms with van der Waals surface area (Å²) in [5.41, 5.74) is -1.11. The molecule has 1 heterocycles. The van der Waals surface area contributed by atoms with E-state index in [0.29, 0.717) is 25.0 Å². The molecule has 3 fully saturated rings. The Morgan fingerprint density at radius 1 is 1.08 bits per heavy atom. The first-order valence-corrected chi connectivity index (χ1v) is 19.4. The zero-order valence-corrected chi connectivity index (χ0v) is 33.4. The second-order valence-electron chi connectivity index (χ2n) is 18.0. The van der Waals surface area contributed by atoms with Crippen molar-refractivity contribution in [1.29, 1.82) is 0 Å². The average Bonchev–Trinajstić information content (AvgIpc) is 3.65. The highest BCUT2D eigenvalue weighted by atomic mass is 16.6. The van der Waals surface area contributed by atoms with Gasteiger partial charge in [-0.3, -0.25) is 4.79 Å². The van der Waals surface area contributed by atoms with Crippen molar-refractivity contribution in [1.82, 2.24) is 0 Å². The van der Waals surface area contributed by atoms with Crippen molar-refractivity contribution in [3.05, 3.63) is 34.9 Å². The van der Waals surface area contributed by atoms with Crippen LogP contribution < -0.4 is 0 Å². The first-order valence-electron chi connectivity index (χ1n) is 19.4. The van der Waals surface area contributed by atoms with Crippen LogP contribution in [0, 0.1) is 45.8 Å². The van der Waals surface area contributed by atoms with Gasteiger partial charge in [-0.25, -0.2) is 9.59 Å². The predicted octanol–water partition coefficient (Wildman–Crippen LogP) is 6.56. The molecule has 0 aromatic carbocycles. The van der Waals surface area contributed by atoms with Crippen molar-refractivity contribution in [2.75, 3.05) is 6.61 Å². The number of aliphatic hydroxyl groups is 3. The van der Waals surface area contributed by atoms with Gasteiger partial charge in [0.15, 0.2) is 12.2 Å². The van der Waals surface area contributed by atoms with Gasteiger partial charge in [0.2, 0.25) is 0 Å². The van der Waals surface area contributed by atoms with Crippen molar-refractivity contribution in [3.63, 3.8) is 0 Å². The summed E-state index contributed by atoms with van der Waals surface area (Å²) < 4.78 is 19.2. The molecule has 4 aliphatic rings. The Morgan fingerprint density at radius 3 is 2.29 bits per heavy atom. The Balaban J connectivity index is 1.95. The maximum Gasteiger partial charge on any atom is 0.339 e. The topological polar surface area (TPSA) is 160 Å². The van der Waals surface area contributed by atoms with Gasteiger partial charge in [-0.15, -0.1) is 0 Å². The van der Waals surface area contributed by atoms with Crippen LogP contribution in [0.25, 0.3) is 0 Å². The van der Waals surface area contributed by atoms with E-state index in [4.69, 9.17) is 14.2 Å². The summed E-state index contributed by atoms with van der Waals surface area (Å²) in [6.45, 7) is 21.4. The molecule has 52 heavy (non-hydrogen) atoms. The van der Waals surface area contributed by atoms with Gasteiger partial charge in [0.05, 0.1) is 18.3 Å². The van der Waals surface area contributed by atoms with Gasteiger partial charge in [0.25, 0.3) is 0 Å². The fraction of sp³-hybridized carbons (Fsp3) is 0.786. The van der Waals surface area contributed by atoms with E-state index < -0.39 is 76.0 Å². The average molecular weight is 731 g/mol. The Hall–Kier alpha value is -2.53. The third-order valence-corrected chi connectivity index (χ3v) is 13.8. The summed E-state index contributed by atoms with van der Waals surface area (Å²) in [5, 5.41) is 44.0. The number of hydrogen-bond acceptors (Lipinski definition) is 9. The molecule has 0 radical (unpaired) electrons. The van der Waals surface area contributed by atoms with E-state index >= 15 is 0 Å². The van der Waals surface area contributed by atoms with E-state index in [-0.39, 0.29) is 43.1 Å². The minimum Gasteiger partial charge on any atom is -0.481 e. The number of allylic oxidation sites excluding steroid dienone is 3. The van der Waals surface area contributed by atoms with Crippen LogP contribution in [0.5, 0.6) is 0 Å². The summed E-state index contributed by atoms with van der Waals surface area (Å²) in [5.74, 6) is -3.77. The van der Waals surface area contributed by atoms with E-state index in [1.54, 1.807) is 40.7 Å². The lowest BCUT2D eigenvalue weighted by atomic mass is 9.39. The molecule has 1 aliphatic heterocycles. The number of carboxylic acids is 1. The molecule has 4 N–H and O–H groups in total. The molecule has 10 nitrogen and oxygen atoms in total. The number of rotatable bonds is 13. The summed E-state index contributed by atoms with van der Waals surface area (Å²) in [6, 6.07) is 0. The maximum absolute atomic E-state index is 13.9. The standard InChI is InChI=1S/C42H66O10/c1-12-24(5)34(45)37(47)51-29-21-41(10)28(26-19-27(50-22-26)18-23(3)4)14-15-30(41)42(11)32(52-38(48)35(46)25(6)13-2)20-31(39(7,8)49)40(9,36(29)42)17-16-33(43)44/h13,15,18,24,26-29,31-32,34-36,45-46,49H,12,14,16-17,19-22H2,1-11H3,(H,43,44)/b25-13+/t24-,26-,27-,28+,29-,31?,32-,34-,35-,36-,40+,41+,42-/m1/s1. The molecule has 0 spiro atoms. The van der Waals surface area contributed by atoms with Gasteiger partial charge in [-0.1, -0.05) is 70.4 Å². The molecule has 0 aromatic rings. The van der Waals surface area contributed by atoms with E-state index in [9.17, 15) is 34.8 Å². The van der Waals surface area contributed by atoms with Crippen LogP contribution in [0.2, 0.25) is 0 Å². The molecular formula is C42H66O10. The number of hydrogen-bond donors (Lipinski definition) is 4. The summed E-state index contributed by atoms with van der Waals surface area (Å²) >= 11 is 0. The number of carbonyl (C=O) groups is 3. The zero-order chi connectivity index (χ0) is 39.1. The summed E-state index contributed by atoms with van der Waals surface area (Å²) in [7, 11) is 0. The second-order valence-corrected chi connectivity index (χ2v) is 18.0. The van der Waals surface area contributed by atoms with Crippen molar-refractivity contribution in [2.45, 2.75) is 157 Å². The quantitative estimate of drug-likeness (QED) is 0.121. The molecular weight excluding hydrogens is 664 g/mol. The van der Waals surface area contributed by atoms with Crippen LogP contribution in [-0.4, -0.2) is 81.1 Å². The molecule has 0 aromatic heterocycles. The lowest BCUT2D eigenvalue weighted by Crippen LogP contribution is -2.68. The molecule has 1 saturated heterocycles. The minimum atomic E-state index is -1.49. The lowest BCUT2D eigenvalue weighted by molar-refractivity contribution is -0.241. The van der Waals surface area contributed by atoms with Crippen LogP contribution in [0.15, 0.2) is 34.9 Å². The monoisotopic (exact) mass is 730 g/mol. The molecule has 13 atom stereocenters. The molecule has 3 aliphatic carbocycles. The highest BCUT2D eigenvalue weighted by Gasteiger charge is 2.71. The minimum absolute atomic E-state index is 0.000430. The molecule has 1 unspecified atom stereocenters. The molecule has 4 rings (SSSR count). The second kappa shape index (κ2) is 15.7. The van der Waals surface area contributed by atoms with Crippen LogP contribution in [0.3, 0.4) is 0 Å². The van der Waals surface area contributed by atoms with Crippen LogP contribution in [0.1, 0.15) is 121 Å². The molecule has 10 heteroatoms. The number of carboxylic acid groups (broad SMARTS) is 1. The molecule has 0 bridgehead atoms.